The fourth-order valence-corrected chi connectivity index (χ4v) is 1.08. The second-order valence-corrected chi connectivity index (χ2v) is 4.07. The molecule has 0 atom stereocenters. The molecule has 0 aliphatic rings. The molecule has 5 nitrogen and oxygen atoms in total. The average molecular weight is 225 g/mol. The molecule has 0 bridgehead atoms. The molecule has 0 aromatic carbocycles. The van der Waals surface area contributed by atoms with Crippen LogP contribution in [0.3, 0.4) is 0 Å². The second kappa shape index (κ2) is 5.67. The van der Waals surface area contributed by atoms with Gasteiger partial charge in [0, 0.05) is 19.6 Å². The van der Waals surface area contributed by atoms with Crippen molar-refractivity contribution >= 4 is 5.82 Å². The van der Waals surface area contributed by atoms with E-state index in [2.05, 4.69) is 10.4 Å². The summed E-state index contributed by atoms with van der Waals surface area (Å²) in [6, 6.07) is 5.39. The molecule has 1 aromatic heterocycles. The van der Waals surface area contributed by atoms with Crippen LogP contribution < -0.4 is 16.0 Å². The number of anilines is 1. The number of hydrazine groups is 1. The Morgan fingerprint density at radius 1 is 1.44 bits per heavy atom. The van der Waals surface area contributed by atoms with Gasteiger partial charge in [0.2, 0.25) is 5.88 Å². The van der Waals surface area contributed by atoms with Gasteiger partial charge in [-0.25, -0.2) is 5.84 Å². The predicted octanol–water partition coefficient (Wildman–Crippen LogP) is 1.56. The average Bonchev–Trinajstić information content (AvgIpc) is 2.29. The van der Waals surface area contributed by atoms with E-state index >= 15 is 0 Å². The number of nitrogens with two attached hydrogens (primary N) is 1. The number of pyridine rings is 1. The van der Waals surface area contributed by atoms with Crippen LogP contribution in [0, 0.1) is 0 Å². The third-order valence-electron chi connectivity index (χ3n) is 2.38. The minimum Gasteiger partial charge on any atom is -0.477 e. The maximum absolute atomic E-state index is 5.50. The van der Waals surface area contributed by atoms with Gasteiger partial charge in [-0.1, -0.05) is 6.07 Å². The van der Waals surface area contributed by atoms with Crippen LogP contribution in [-0.2, 0) is 4.74 Å². The van der Waals surface area contributed by atoms with Crippen molar-refractivity contribution in [2.24, 2.45) is 5.84 Å². The van der Waals surface area contributed by atoms with Gasteiger partial charge in [-0.05, 0) is 19.9 Å². The Bertz CT molecular complexity index is 329. The number of aromatic nitrogens is 1. The molecule has 0 saturated carbocycles. The van der Waals surface area contributed by atoms with Crippen LogP contribution in [0.4, 0.5) is 5.82 Å². The molecule has 0 amide bonds. The minimum absolute atomic E-state index is 0.177. The highest BCUT2D eigenvalue weighted by Gasteiger charge is 2.16. The van der Waals surface area contributed by atoms with Crippen molar-refractivity contribution in [3.8, 4) is 5.88 Å². The molecule has 3 N–H and O–H groups in total. The zero-order valence-electron chi connectivity index (χ0n) is 9.99. The number of ether oxygens (including phenoxy) is 2. The SMILES string of the molecule is COC(C)(C)CCOc1cccc(NN)n1. The molecule has 0 aliphatic heterocycles. The summed E-state index contributed by atoms with van der Waals surface area (Å²) >= 11 is 0. The van der Waals surface area contributed by atoms with E-state index in [4.69, 9.17) is 15.3 Å². The number of rotatable bonds is 6. The van der Waals surface area contributed by atoms with Crippen molar-refractivity contribution in [1.29, 1.82) is 0 Å². The largest absolute Gasteiger partial charge is 0.477 e. The fourth-order valence-electron chi connectivity index (χ4n) is 1.08. The number of hydrogen-bond acceptors (Lipinski definition) is 5. The lowest BCUT2D eigenvalue weighted by Crippen LogP contribution is -2.25. The van der Waals surface area contributed by atoms with E-state index in [1.807, 2.05) is 19.9 Å². The number of hydrogen-bond donors (Lipinski definition) is 2. The summed E-state index contributed by atoms with van der Waals surface area (Å²) in [4.78, 5) is 4.14. The molecule has 5 heteroatoms. The standard InChI is InChI=1S/C11H19N3O2/c1-11(2,15-3)7-8-16-10-6-4-5-9(13-10)14-12/h4-6H,7-8,12H2,1-3H3,(H,13,14). The van der Waals surface area contributed by atoms with E-state index in [0.717, 1.165) is 6.42 Å². The lowest BCUT2D eigenvalue weighted by Gasteiger charge is -2.22. The topological polar surface area (TPSA) is 69.4 Å². The van der Waals surface area contributed by atoms with E-state index in [1.54, 1.807) is 19.2 Å². The molecule has 16 heavy (non-hydrogen) atoms. The van der Waals surface area contributed by atoms with Gasteiger partial charge in [0.15, 0.2) is 0 Å². The van der Waals surface area contributed by atoms with Crippen LogP contribution in [0.1, 0.15) is 20.3 Å². The molecule has 90 valence electrons. The van der Waals surface area contributed by atoms with Crippen molar-refractivity contribution in [3.05, 3.63) is 18.2 Å². The van der Waals surface area contributed by atoms with E-state index in [0.29, 0.717) is 18.3 Å². The summed E-state index contributed by atoms with van der Waals surface area (Å²) in [5.74, 6) is 6.39. The number of nitrogens with one attached hydrogen (secondary N) is 1. The van der Waals surface area contributed by atoms with Crippen LogP contribution in [0.25, 0.3) is 0 Å². The number of methoxy groups -OCH3 is 1. The first kappa shape index (κ1) is 12.7. The van der Waals surface area contributed by atoms with Crippen molar-refractivity contribution < 1.29 is 9.47 Å². The predicted molar refractivity (Wildman–Crippen MR) is 63.2 cm³/mol. The summed E-state index contributed by atoms with van der Waals surface area (Å²) in [6.07, 6.45) is 0.797. The smallest absolute Gasteiger partial charge is 0.215 e. The first-order valence-corrected chi connectivity index (χ1v) is 5.19. The van der Waals surface area contributed by atoms with E-state index in [9.17, 15) is 0 Å². The van der Waals surface area contributed by atoms with Gasteiger partial charge in [0.25, 0.3) is 0 Å². The first-order valence-electron chi connectivity index (χ1n) is 5.19. The lowest BCUT2D eigenvalue weighted by molar-refractivity contribution is 0.00510. The summed E-state index contributed by atoms with van der Waals surface area (Å²) in [5.41, 5.74) is 2.29. The van der Waals surface area contributed by atoms with Crippen molar-refractivity contribution in [3.63, 3.8) is 0 Å². The molecule has 0 fully saturated rings. The van der Waals surface area contributed by atoms with Crippen molar-refractivity contribution in [1.82, 2.24) is 4.98 Å². The van der Waals surface area contributed by atoms with E-state index in [1.165, 1.54) is 0 Å². The van der Waals surface area contributed by atoms with Gasteiger partial charge in [-0.2, -0.15) is 4.98 Å². The third kappa shape index (κ3) is 4.04. The Morgan fingerprint density at radius 3 is 2.81 bits per heavy atom. The van der Waals surface area contributed by atoms with Gasteiger partial charge in [-0.15, -0.1) is 0 Å². The molecule has 1 rings (SSSR count). The molecule has 0 unspecified atom stereocenters. The Kier molecular flexibility index (Phi) is 4.52. The maximum atomic E-state index is 5.50. The lowest BCUT2D eigenvalue weighted by atomic mass is 10.1. The Hall–Kier alpha value is -1.33. The summed E-state index contributed by atoms with van der Waals surface area (Å²) in [5, 5.41) is 0. The van der Waals surface area contributed by atoms with Crippen LogP contribution in [0.2, 0.25) is 0 Å². The molecular formula is C11H19N3O2. The van der Waals surface area contributed by atoms with Gasteiger partial charge in [0.05, 0.1) is 12.2 Å². The quantitative estimate of drug-likeness (QED) is 0.568. The van der Waals surface area contributed by atoms with Gasteiger partial charge < -0.3 is 14.9 Å². The molecular weight excluding hydrogens is 206 g/mol. The second-order valence-electron chi connectivity index (χ2n) is 4.07. The maximum Gasteiger partial charge on any atom is 0.215 e. The zero-order valence-corrected chi connectivity index (χ0v) is 9.99. The Morgan fingerprint density at radius 2 is 2.19 bits per heavy atom. The molecule has 0 radical (unpaired) electrons. The van der Waals surface area contributed by atoms with Crippen LogP contribution in [0.5, 0.6) is 5.88 Å². The van der Waals surface area contributed by atoms with Gasteiger partial charge in [0.1, 0.15) is 5.82 Å². The fraction of sp³-hybridized carbons (Fsp3) is 0.545. The summed E-state index contributed by atoms with van der Waals surface area (Å²) in [6.45, 7) is 4.59. The van der Waals surface area contributed by atoms with Crippen LogP contribution in [-0.4, -0.2) is 24.3 Å². The monoisotopic (exact) mass is 225 g/mol. The zero-order chi connectivity index (χ0) is 12.0. The Balaban J connectivity index is 2.42. The van der Waals surface area contributed by atoms with Crippen molar-refractivity contribution in [2.75, 3.05) is 19.1 Å². The molecule has 1 aromatic rings. The molecule has 1 heterocycles. The van der Waals surface area contributed by atoms with E-state index in [-0.39, 0.29) is 5.60 Å². The van der Waals surface area contributed by atoms with E-state index < -0.39 is 0 Å². The molecule has 0 spiro atoms. The van der Waals surface area contributed by atoms with Gasteiger partial charge >= 0.3 is 0 Å². The summed E-state index contributed by atoms with van der Waals surface area (Å²) in [7, 11) is 1.69. The molecule has 0 aliphatic carbocycles. The highest BCUT2D eigenvalue weighted by molar-refractivity contribution is 5.35. The van der Waals surface area contributed by atoms with Crippen LogP contribution >= 0.6 is 0 Å². The Labute approximate surface area is 95.9 Å². The van der Waals surface area contributed by atoms with Gasteiger partial charge in [-0.3, -0.25) is 0 Å². The highest BCUT2D eigenvalue weighted by atomic mass is 16.5. The minimum atomic E-state index is -0.177. The summed E-state index contributed by atoms with van der Waals surface area (Å²) < 4.78 is 10.8. The number of nitrogen functional groups attached to an aromatic ring is 1. The molecule has 0 saturated heterocycles. The first-order chi connectivity index (χ1) is 7.57. The third-order valence-corrected chi connectivity index (χ3v) is 2.38. The van der Waals surface area contributed by atoms with Crippen molar-refractivity contribution in [2.45, 2.75) is 25.9 Å². The highest BCUT2D eigenvalue weighted by Crippen LogP contribution is 2.15. The number of nitrogens with zero attached hydrogens (tertiary/aromatic N) is 1. The normalized spacial score (nSPS) is 11.2. The van der Waals surface area contributed by atoms with Crippen LogP contribution in [0.15, 0.2) is 18.2 Å².